The van der Waals surface area contributed by atoms with Crippen molar-refractivity contribution in [2.24, 2.45) is 5.92 Å². The average molecular weight is 430 g/mol. The first-order valence-electron chi connectivity index (χ1n) is 10.2. The predicted molar refractivity (Wildman–Crippen MR) is 110 cm³/mol. The van der Waals surface area contributed by atoms with Gasteiger partial charge in [-0.1, -0.05) is 31.2 Å². The summed E-state index contributed by atoms with van der Waals surface area (Å²) < 4.78 is 36.4. The number of nitrogens with one attached hydrogen (secondary N) is 1. The second-order valence-corrected chi connectivity index (χ2v) is 7.61. The van der Waals surface area contributed by atoms with Crippen LogP contribution in [-0.2, 0) is 17.8 Å². The Bertz CT molecular complexity index is 1040. The lowest BCUT2D eigenvalue weighted by atomic mass is 9.93. The highest BCUT2D eigenvalue weighted by molar-refractivity contribution is 5.68. The number of likely N-dealkylation sites (tertiary alicyclic amines) is 1. The molecule has 1 fully saturated rings. The number of carbonyl (C=O) groups excluding carboxylic acids is 1. The number of fused-ring (bicyclic) bond motifs is 1. The average Bonchev–Trinajstić information content (AvgIpc) is 3.26. The number of rotatable bonds is 6. The number of amides is 1. The molecule has 1 atom stereocenters. The number of halogens is 2. The van der Waals surface area contributed by atoms with Crippen molar-refractivity contribution in [2.75, 3.05) is 25.0 Å². The number of alkyl halides is 2. The maximum Gasteiger partial charge on any atom is 0.410 e. The largest absolute Gasteiger partial charge is 0.445 e. The highest BCUT2D eigenvalue weighted by Crippen LogP contribution is 2.33. The van der Waals surface area contributed by atoms with E-state index in [0.29, 0.717) is 11.5 Å². The highest BCUT2D eigenvalue weighted by Gasteiger charge is 2.46. The summed E-state index contributed by atoms with van der Waals surface area (Å²) >= 11 is 0. The molecule has 1 saturated heterocycles. The van der Waals surface area contributed by atoms with Gasteiger partial charge in [0.05, 0.1) is 6.54 Å². The van der Waals surface area contributed by atoms with Crippen molar-refractivity contribution in [1.82, 2.24) is 24.5 Å². The molecule has 0 radical (unpaired) electrons. The van der Waals surface area contributed by atoms with Gasteiger partial charge in [-0.05, 0) is 24.0 Å². The molecule has 10 heteroatoms. The molecule has 1 unspecified atom stereocenters. The van der Waals surface area contributed by atoms with E-state index in [2.05, 4.69) is 27.4 Å². The van der Waals surface area contributed by atoms with Gasteiger partial charge in [0.2, 0.25) is 5.65 Å². The van der Waals surface area contributed by atoms with Gasteiger partial charge in [0, 0.05) is 31.4 Å². The monoisotopic (exact) mass is 430 g/mol. The first kappa shape index (κ1) is 21.0. The first-order valence-corrected chi connectivity index (χ1v) is 10.2. The molecule has 1 aliphatic rings. The molecule has 0 aliphatic carbocycles. The lowest BCUT2D eigenvalue weighted by Gasteiger charge is -2.37. The summed E-state index contributed by atoms with van der Waals surface area (Å²) in [6, 6.07) is 7.68. The fourth-order valence-corrected chi connectivity index (χ4v) is 3.60. The number of hydrogen-bond donors (Lipinski definition) is 1. The van der Waals surface area contributed by atoms with Crippen molar-refractivity contribution < 1.29 is 18.3 Å². The van der Waals surface area contributed by atoms with Crippen molar-refractivity contribution in [3.8, 4) is 0 Å². The van der Waals surface area contributed by atoms with E-state index in [4.69, 9.17) is 4.74 Å². The number of aryl methyl sites for hydroxylation is 1. The van der Waals surface area contributed by atoms with Gasteiger partial charge in [0.1, 0.15) is 12.9 Å². The summed E-state index contributed by atoms with van der Waals surface area (Å²) in [6.45, 7) is 1.66. The van der Waals surface area contributed by atoms with E-state index in [-0.39, 0.29) is 26.1 Å². The number of nitrogens with zero attached hydrogens (tertiary/aromatic N) is 5. The minimum atomic E-state index is -3.05. The van der Waals surface area contributed by atoms with Gasteiger partial charge in [-0.3, -0.25) is 4.40 Å². The Hall–Kier alpha value is -3.30. The summed E-state index contributed by atoms with van der Waals surface area (Å²) in [6.07, 6.45) is 5.08. The Morgan fingerprint density at radius 2 is 2.06 bits per heavy atom. The zero-order valence-corrected chi connectivity index (χ0v) is 17.2. The van der Waals surface area contributed by atoms with Crippen LogP contribution in [-0.4, -0.2) is 56.1 Å². The molecule has 4 rings (SSSR count). The van der Waals surface area contributed by atoms with Crippen LogP contribution in [0.4, 0.5) is 19.4 Å². The Morgan fingerprint density at radius 3 is 2.81 bits per heavy atom. The van der Waals surface area contributed by atoms with Gasteiger partial charge >= 0.3 is 6.09 Å². The lowest BCUT2D eigenvalue weighted by molar-refractivity contribution is -0.101. The van der Waals surface area contributed by atoms with Gasteiger partial charge < -0.3 is 15.0 Å². The third-order valence-electron chi connectivity index (χ3n) is 5.53. The fourth-order valence-electron chi connectivity index (χ4n) is 3.60. The molecule has 1 aliphatic heterocycles. The number of anilines is 1. The SMILES string of the molecule is CCc1ccc(COC(=O)N2CCC(CNc3nccn4cnnc34)C(F)(F)C2)cc1. The number of aromatic nitrogens is 4. The van der Waals surface area contributed by atoms with Gasteiger partial charge in [-0.25, -0.2) is 18.6 Å². The Balaban J connectivity index is 1.30. The molecule has 0 bridgehead atoms. The van der Waals surface area contributed by atoms with Crippen molar-refractivity contribution in [3.05, 3.63) is 54.1 Å². The first-order chi connectivity index (χ1) is 15.0. The molecule has 1 amide bonds. The zero-order chi connectivity index (χ0) is 21.8. The quantitative estimate of drug-likeness (QED) is 0.645. The van der Waals surface area contributed by atoms with Crippen LogP contribution in [0.2, 0.25) is 0 Å². The molecular formula is C21H24F2N6O2. The third kappa shape index (κ3) is 4.73. The van der Waals surface area contributed by atoms with Crippen LogP contribution in [0.3, 0.4) is 0 Å². The predicted octanol–water partition coefficient (Wildman–Crippen LogP) is 3.39. The van der Waals surface area contributed by atoms with Crippen LogP contribution in [0.1, 0.15) is 24.5 Å². The molecule has 0 saturated carbocycles. The fraction of sp³-hybridized carbons (Fsp3) is 0.429. The van der Waals surface area contributed by atoms with Gasteiger partial charge in [0.25, 0.3) is 5.92 Å². The molecule has 3 heterocycles. The number of piperidine rings is 1. The van der Waals surface area contributed by atoms with Crippen LogP contribution in [0.15, 0.2) is 43.0 Å². The van der Waals surface area contributed by atoms with Crippen molar-refractivity contribution in [3.63, 3.8) is 0 Å². The van der Waals surface area contributed by atoms with Crippen molar-refractivity contribution >= 4 is 17.6 Å². The molecule has 0 spiro atoms. The van der Waals surface area contributed by atoms with E-state index < -0.39 is 24.5 Å². The molecule has 1 aromatic carbocycles. The zero-order valence-electron chi connectivity index (χ0n) is 17.2. The van der Waals surface area contributed by atoms with Crippen LogP contribution < -0.4 is 5.32 Å². The van der Waals surface area contributed by atoms with E-state index in [1.807, 2.05) is 24.3 Å². The van der Waals surface area contributed by atoms with Gasteiger partial charge in [-0.15, -0.1) is 10.2 Å². The number of carbonyl (C=O) groups is 1. The minimum absolute atomic E-state index is 0.0131. The molecule has 1 N–H and O–H groups in total. The Labute approximate surface area is 178 Å². The third-order valence-corrected chi connectivity index (χ3v) is 5.53. The maximum atomic E-state index is 14.7. The molecule has 31 heavy (non-hydrogen) atoms. The number of benzene rings is 1. The van der Waals surface area contributed by atoms with Crippen molar-refractivity contribution in [1.29, 1.82) is 0 Å². The molecule has 164 valence electrons. The Morgan fingerprint density at radius 1 is 1.29 bits per heavy atom. The standard InChI is InChI=1S/C21H24F2N6O2/c1-2-15-3-5-16(6-4-15)12-31-20(30)28-9-7-17(21(22,23)13-28)11-25-18-19-27-26-14-29(19)10-8-24-18/h3-6,8,10,14,17H,2,7,9,11-13H2,1H3,(H,24,25). The second-order valence-electron chi connectivity index (χ2n) is 7.61. The van der Waals surface area contributed by atoms with E-state index >= 15 is 0 Å². The van der Waals surface area contributed by atoms with Gasteiger partial charge in [-0.2, -0.15) is 0 Å². The summed E-state index contributed by atoms with van der Waals surface area (Å²) in [5.41, 5.74) is 2.48. The Kier molecular flexibility index (Phi) is 5.97. The summed E-state index contributed by atoms with van der Waals surface area (Å²) in [5, 5.41) is 10.7. The molecule has 2 aromatic heterocycles. The molecule has 8 nitrogen and oxygen atoms in total. The maximum absolute atomic E-state index is 14.7. The smallest absolute Gasteiger partial charge is 0.410 e. The van der Waals surface area contributed by atoms with Crippen LogP contribution in [0.25, 0.3) is 5.65 Å². The minimum Gasteiger partial charge on any atom is -0.445 e. The lowest BCUT2D eigenvalue weighted by Crippen LogP contribution is -2.52. The van der Waals surface area contributed by atoms with E-state index in [1.54, 1.807) is 16.8 Å². The molecule has 3 aromatic rings. The van der Waals surface area contributed by atoms with E-state index in [9.17, 15) is 13.6 Å². The van der Waals surface area contributed by atoms with Crippen LogP contribution in [0.5, 0.6) is 0 Å². The van der Waals surface area contributed by atoms with E-state index in [0.717, 1.165) is 16.9 Å². The number of hydrogen-bond acceptors (Lipinski definition) is 6. The topological polar surface area (TPSA) is 84.7 Å². The summed E-state index contributed by atoms with van der Waals surface area (Å²) in [7, 11) is 0. The van der Waals surface area contributed by atoms with Crippen LogP contribution in [0, 0.1) is 5.92 Å². The van der Waals surface area contributed by atoms with Crippen LogP contribution >= 0.6 is 0 Å². The summed E-state index contributed by atoms with van der Waals surface area (Å²) in [5.74, 6) is -3.60. The second kappa shape index (κ2) is 8.83. The van der Waals surface area contributed by atoms with Crippen molar-refractivity contribution in [2.45, 2.75) is 32.3 Å². The number of ether oxygens (including phenoxy) is 1. The molecular weight excluding hydrogens is 406 g/mol. The van der Waals surface area contributed by atoms with E-state index in [1.165, 1.54) is 11.9 Å². The normalized spacial score (nSPS) is 18.2. The van der Waals surface area contributed by atoms with Gasteiger partial charge in [0.15, 0.2) is 5.82 Å². The highest BCUT2D eigenvalue weighted by atomic mass is 19.3. The summed E-state index contributed by atoms with van der Waals surface area (Å²) in [4.78, 5) is 17.5.